The number of carbonyl (C=O) groups excluding carboxylic acids is 2. The molecule has 0 radical (unpaired) electrons. The van der Waals surface area contributed by atoms with E-state index in [-0.39, 0.29) is 17.7 Å². The number of aryl methyl sites for hydroxylation is 1. The van der Waals surface area contributed by atoms with Crippen molar-refractivity contribution in [2.24, 2.45) is 11.8 Å². The maximum Gasteiger partial charge on any atom is 0.230 e. The van der Waals surface area contributed by atoms with Crippen molar-refractivity contribution in [2.75, 3.05) is 44.7 Å². The van der Waals surface area contributed by atoms with Gasteiger partial charge in [0.2, 0.25) is 11.8 Å². The van der Waals surface area contributed by atoms with Gasteiger partial charge in [0.25, 0.3) is 0 Å². The van der Waals surface area contributed by atoms with Gasteiger partial charge in [-0.1, -0.05) is 18.2 Å². The number of fused-ring (bicyclic) bond motifs is 1. The van der Waals surface area contributed by atoms with E-state index >= 15 is 0 Å². The van der Waals surface area contributed by atoms with Crippen LogP contribution in [-0.2, 0) is 16.0 Å². The maximum atomic E-state index is 13.2. The molecule has 27 heavy (non-hydrogen) atoms. The monoisotopic (exact) mass is 369 g/mol. The van der Waals surface area contributed by atoms with Crippen LogP contribution in [0.5, 0.6) is 0 Å². The largest absolute Gasteiger partial charge is 0.340 e. The quantitative estimate of drug-likeness (QED) is 0.805. The summed E-state index contributed by atoms with van der Waals surface area (Å²) in [5, 5.41) is 0. The first-order chi connectivity index (χ1) is 13.1. The van der Waals surface area contributed by atoms with Crippen LogP contribution in [0.3, 0.4) is 0 Å². The Morgan fingerprint density at radius 2 is 1.48 bits per heavy atom. The summed E-state index contributed by atoms with van der Waals surface area (Å²) in [5.74, 6) is 0.781. The predicted molar refractivity (Wildman–Crippen MR) is 107 cm³/mol. The molecule has 0 atom stereocenters. The molecule has 5 heteroatoms. The maximum absolute atomic E-state index is 13.2. The first-order valence-corrected chi connectivity index (χ1v) is 10.5. The van der Waals surface area contributed by atoms with Crippen LogP contribution < -0.4 is 4.90 Å². The standard InChI is InChI=1S/C22H31N3O2/c1-23-13-15-24(16-14-23)21(26)18-8-10-19(11-9-18)22(27)25-12-4-6-17-5-2-3-7-20(17)25/h2-3,5,7,18-19H,4,6,8-16H2,1H3. The Kier molecular flexibility index (Phi) is 5.48. The number of hydrogen-bond donors (Lipinski definition) is 0. The van der Waals surface area contributed by atoms with Crippen LogP contribution in [0.25, 0.3) is 0 Å². The van der Waals surface area contributed by atoms with Gasteiger partial charge in [0.05, 0.1) is 0 Å². The van der Waals surface area contributed by atoms with Crippen LogP contribution in [0, 0.1) is 11.8 Å². The summed E-state index contributed by atoms with van der Waals surface area (Å²) in [6.45, 7) is 4.45. The van der Waals surface area contributed by atoms with Crippen LogP contribution >= 0.6 is 0 Å². The zero-order chi connectivity index (χ0) is 18.8. The Balaban J connectivity index is 1.34. The van der Waals surface area contributed by atoms with E-state index in [0.29, 0.717) is 5.91 Å². The van der Waals surface area contributed by atoms with Crippen LogP contribution in [-0.4, -0.2) is 61.4 Å². The van der Waals surface area contributed by atoms with Crippen LogP contribution in [0.1, 0.15) is 37.7 Å². The highest BCUT2D eigenvalue weighted by atomic mass is 16.2. The number of amides is 2. The van der Waals surface area contributed by atoms with Gasteiger partial charge in [0, 0.05) is 50.2 Å². The SMILES string of the molecule is CN1CCN(C(=O)C2CCC(C(=O)N3CCCc4ccccc43)CC2)CC1. The molecule has 0 spiro atoms. The first-order valence-electron chi connectivity index (χ1n) is 10.5. The molecular weight excluding hydrogens is 338 g/mol. The van der Waals surface area contributed by atoms with Crippen LogP contribution in [0.4, 0.5) is 5.69 Å². The van der Waals surface area contributed by atoms with Crippen molar-refractivity contribution in [2.45, 2.75) is 38.5 Å². The number of rotatable bonds is 2. The zero-order valence-corrected chi connectivity index (χ0v) is 16.4. The van der Waals surface area contributed by atoms with Gasteiger partial charge in [-0.25, -0.2) is 0 Å². The van der Waals surface area contributed by atoms with Gasteiger partial charge >= 0.3 is 0 Å². The second-order valence-electron chi connectivity index (χ2n) is 8.40. The average molecular weight is 370 g/mol. The van der Waals surface area contributed by atoms with E-state index in [1.54, 1.807) is 0 Å². The fourth-order valence-corrected chi connectivity index (χ4v) is 4.86. The molecule has 2 heterocycles. The lowest BCUT2D eigenvalue weighted by Crippen LogP contribution is -2.49. The number of carbonyl (C=O) groups is 2. The third kappa shape index (κ3) is 3.88. The molecule has 5 nitrogen and oxygen atoms in total. The molecule has 2 amide bonds. The molecule has 0 unspecified atom stereocenters. The van der Waals surface area contributed by atoms with E-state index in [2.05, 4.69) is 30.1 Å². The van der Waals surface area contributed by atoms with Crippen LogP contribution in [0.15, 0.2) is 24.3 Å². The summed E-state index contributed by atoms with van der Waals surface area (Å²) < 4.78 is 0. The molecule has 0 bridgehead atoms. The van der Waals surface area contributed by atoms with Gasteiger partial charge in [0.1, 0.15) is 0 Å². The molecule has 2 aliphatic heterocycles. The lowest BCUT2D eigenvalue weighted by molar-refractivity contribution is -0.139. The number of likely N-dealkylation sites (N-methyl/N-ethyl adjacent to an activating group) is 1. The lowest BCUT2D eigenvalue weighted by Gasteiger charge is -2.38. The second-order valence-corrected chi connectivity index (χ2v) is 8.40. The number of anilines is 1. The average Bonchev–Trinajstić information content (AvgIpc) is 2.73. The van der Waals surface area contributed by atoms with Crippen LogP contribution in [0.2, 0.25) is 0 Å². The molecule has 146 valence electrons. The summed E-state index contributed by atoms with van der Waals surface area (Å²) in [5.41, 5.74) is 2.39. The summed E-state index contributed by atoms with van der Waals surface area (Å²) in [4.78, 5) is 32.3. The van der Waals surface area contributed by atoms with E-state index in [4.69, 9.17) is 0 Å². The molecule has 1 saturated heterocycles. The third-order valence-corrected chi connectivity index (χ3v) is 6.62. The summed E-state index contributed by atoms with van der Waals surface area (Å²) in [6.07, 6.45) is 5.52. The van der Waals surface area contributed by atoms with E-state index in [9.17, 15) is 9.59 Å². The minimum atomic E-state index is 0.0766. The molecule has 1 aromatic carbocycles. The zero-order valence-electron chi connectivity index (χ0n) is 16.4. The van der Waals surface area contributed by atoms with E-state index in [0.717, 1.165) is 76.9 Å². The fraction of sp³-hybridized carbons (Fsp3) is 0.636. The first kappa shape index (κ1) is 18.5. The topological polar surface area (TPSA) is 43.9 Å². The minimum absolute atomic E-state index is 0.0766. The number of piperazine rings is 1. The number of para-hydroxylation sites is 1. The molecule has 1 saturated carbocycles. The molecule has 4 rings (SSSR count). The van der Waals surface area contributed by atoms with Gasteiger partial charge in [-0.15, -0.1) is 0 Å². The molecule has 1 aliphatic carbocycles. The van der Waals surface area contributed by atoms with E-state index in [1.165, 1.54) is 5.56 Å². The molecule has 3 aliphatic rings. The Bertz CT molecular complexity index is 689. The second kappa shape index (κ2) is 8.01. The van der Waals surface area contributed by atoms with Crippen molar-refractivity contribution in [1.29, 1.82) is 0 Å². The highest BCUT2D eigenvalue weighted by Gasteiger charge is 2.35. The van der Waals surface area contributed by atoms with Gasteiger partial charge in [0.15, 0.2) is 0 Å². The van der Waals surface area contributed by atoms with Gasteiger partial charge in [-0.3, -0.25) is 9.59 Å². The minimum Gasteiger partial charge on any atom is -0.340 e. The third-order valence-electron chi connectivity index (χ3n) is 6.62. The highest BCUT2D eigenvalue weighted by Crippen LogP contribution is 2.34. The highest BCUT2D eigenvalue weighted by molar-refractivity contribution is 5.96. The molecule has 0 aromatic heterocycles. The van der Waals surface area contributed by atoms with Crippen molar-refractivity contribution in [3.05, 3.63) is 29.8 Å². The lowest BCUT2D eigenvalue weighted by atomic mass is 9.80. The number of hydrogen-bond acceptors (Lipinski definition) is 3. The normalized spacial score (nSPS) is 26.6. The summed E-state index contributed by atoms with van der Waals surface area (Å²) in [6, 6.07) is 8.30. The Morgan fingerprint density at radius 3 is 2.19 bits per heavy atom. The Labute approximate surface area is 162 Å². The molecule has 2 fully saturated rings. The smallest absolute Gasteiger partial charge is 0.230 e. The number of nitrogens with zero attached hydrogens (tertiary/aromatic N) is 3. The Hall–Kier alpha value is -1.88. The molecule has 0 N–H and O–H groups in total. The van der Waals surface area contributed by atoms with Crippen molar-refractivity contribution >= 4 is 17.5 Å². The summed E-state index contributed by atoms with van der Waals surface area (Å²) in [7, 11) is 2.11. The van der Waals surface area contributed by atoms with Crippen molar-refractivity contribution in [3.8, 4) is 0 Å². The Morgan fingerprint density at radius 1 is 0.852 bits per heavy atom. The van der Waals surface area contributed by atoms with Crippen molar-refractivity contribution in [3.63, 3.8) is 0 Å². The van der Waals surface area contributed by atoms with Crippen molar-refractivity contribution in [1.82, 2.24) is 9.80 Å². The molecule has 1 aromatic rings. The number of benzene rings is 1. The van der Waals surface area contributed by atoms with Crippen molar-refractivity contribution < 1.29 is 9.59 Å². The predicted octanol–water partition coefficient (Wildman–Crippen LogP) is 2.55. The van der Waals surface area contributed by atoms with E-state index in [1.807, 2.05) is 15.9 Å². The summed E-state index contributed by atoms with van der Waals surface area (Å²) >= 11 is 0. The molecular formula is C22H31N3O2. The van der Waals surface area contributed by atoms with Gasteiger partial charge in [-0.05, 0) is 57.2 Å². The fourth-order valence-electron chi connectivity index (χ4n) is 4.86. The van der Waals surface area contributed by atoms with Gasteiger partial charge in [-0.2, -0.15) is 0 Å². The van der Waals surface area contributed by atoms with Gasteiger partial charge < -0.3 is 14.7 Å². The van der Waals surface area contributed by atoms with E-state index < -0.39 is 0 Å².